The van der Waals surface area contributed by atoms with Crippen molar-refractivity contribution in [3.05, 3.63) is 30.0 Å². The molecule has 0 aliphatic carbocycles. The van der Waals surface area contributed by atoms with Crippen LogP contribution in [-0.2, 0) is 4.74 Å². The standard InChI is InChI=1S/C14H15N3O/c1-10-13(11-4-2-3-5-12(11)17-10)16-7-14(6-15)8-18-9-14/h2-5,16-17H,7-9H2,1H3. The minimum absolute atomic E-state index is 0.356. The fraction of sp³-hybridized carbons (Fsp3) is 0.357. The monoisotopic (exact) mass is 241 g/mol. The lowest BCUT2D eigenvalue weighted by molar-refractivity contribution is -0.0690. The van der Waals surface area contributed by atoms with Crippen LogP contribution < -0.4 is 5.32 Å². The topological polar surface area (TPSA) is 60.8 Å². The van der Waals surface area contributed by atoms with E-state index in [0.717, 1.165) is 16.9 Å². The molecule has 1 aliphatic rings. The molecule has 1 aliphatic heterocycles. The van der Waals surface area contributed by atoms with E-state index in [1.807, 2.05) is 19.1 Å². The zero-order valence-electron chi connectivity index (χ0n) is 10.3. The van der Waals surface area contributed by atoms with Gasteiger partial charge in [0.1, 0.15) is 5.41 Å². The van der Waals surface area contributed by atoms with Gasteiger partial charge in [-0.05, 0) is 13.0 Å². The fourth-order valence-corrected chi connectivity index (χ4v) is 2.32. The van der Waals surface area contributed by atoms with E-state index in [1.54, 1.807) is 0 Å². The number of nitriles is 1. The molecule has 0 atom stereocenters. The number of rotatable bonds is 3. The van der Waals surface area contributed by atoms with Crippen LogP contribution in [0.25, 0.3) is 10.9 Å². The maximum atomic E-state index is 9.17. The second-order valence-corrected chi connectivity index (χ2v) is 4.91. The molecule has 0 saturated carbocycles. The zero-order valence-corrected chi connectivity index (χ0v) is 10.3. The summed E-state index contributed by atoms with van der Waals surface area (Å²) in [5.41, 5.74) is 2.95. The molecule has 1 aromatic heterocycles. The molecule has 0 amide bonds. The van der Waals surface area contributed by atoms with Crippen molar-refractivity contribution in [3.63, 3.8) is 0 Å². The molecule has 0 spiro atoms. The summed E-state index contributed by atoms with van der Waals surface area (Å²) in [5.74, 6) is 0. The highest BCUT2D eigenvalue weighted by Crippen LogP contribution is 2.31. The fourth-order valence-electron chi connectivity index (χ4n) is 2.32. The maximum Gasteiger partial charge on any atom is 0.121 e. The second kappa shape index (κ2) is 4.04. The number of fused-ring (bicyclic) bond motifs is 1. The third kappa shape index (κ3) is 1.64. The van der Waals surface area contributed by atoms with Gasteiger partial charge in [0, 0.05) is 23.1 Å². The second-order valence-electron chi connectivity index (χ2n) is 4.91. The van der Waals surface area contributed by atoms with E-state index in [9.17, 15) is 0 Å². The number of nitrogens with zero attached hydrogens (tertiary/aromatic N) is 1. The summed E-state index contributed by atoms with van der Waals surface area (Å²) in [6, 6.07) is 10.5. The average molecular weight is 241 g/mol. The van der Waals surface area contributed by atoms with Gasteiger partial charge < -0.3 is 15.0 Å². The first-order chi connectivity index (χ1) is 8.74. The molecule has 2 aromatic rings. The van der Waals surface area contributed by atoms with Crippen molar-refractivity contribution < 1.29 is 4.74 Å². The van der Waals surface area contributed by atoms with Gasteiger partial charge in [0.25, 0.3) is 0 Å². The summed E-state index contributed by atoms with van der Waals surface area (Å²) in [5, 5.41) is 13.7. The predicted octanol–water partition coefficient (Wildman–Crippen LogP) is 2.43. The molecule has 0 bridgehead atoms. The molecule has 1 saturated heterocycles. The van der Waals surface area contributed by atoms with Crippen LogP contribution in [0.15, 0.2) is 24.3 Å². The van der Waals surface area contributed by atoms with E-state index in [1.165, 1.54) is 5.39 Å². The van der Waals surface area contributed by atoms with Crippen LogP contribution in [0.1, 0.15) is 5.69 Å². The van der Waals surface area contributed by atoms with Crippen molar-refractivity contribution in [3.8, 4) is 6.07 Å². The van der Waals surface area contributed by atoms with Gasteiger partial charge in [0.05, 0.1) is 25.0 Å². The number of para-hydroxylation sites is 1. The number of hydrogen-bond acceptors (Lipinski definition) is 3. The lowest BCUT2D eigenvalue weighted by Gasteiger charge is -2.35. The molecular formula is C14H15N3O. The number of aromatic nitrogens is 1. The summed E-state index contributed by atoms with van der Waals surface area (Å²) >= 11 is 0. The molecular weight excluding hydrogens is 226 g/mol. The molecule has 1 fully saturated rings. The van der Waals surface area contributed by atoms with E-state index in [0.29, 0.717) is 19.8 Å². The third-order valence-corrected chi connectivity index (χ3v) is 3.49. The predicted molar refractivity (Wildman–Crippen MR) is 70.4 cm³/mol. The molecule has 4 nitrogen and oxygen atoms in total. The highest BCUT2D eigenvalue weighted by atomic mass is 16.5. The SMILES string of the molecule is Cc1[nH]c2ccccc2c1NCC1(C#N)COC1. The summed E-state index contributed by atoms with van der Waals surface area (Å²) in [6.45, 7) is 3.72. The van der Waals surface area contributed by atoms with Crippen molar-refractivity contribution in [2.24, 2.45) is 5.41 Å². The Morgan fingerprint density at radius 2 is 2.22 bits per heavy atom. The Hall–Kier alpha value is -1.99. The lowest BCUT2D eigenvalue weighted by atomic mass is 9.88. The smallest absolute Gasteiger partial charge is 0.121 e. The number of anilines is 1. The quantitative estimate of drug-likeness (QED) is 0.867. The largest absolute Gasteiger partial charge is 0.381 e. The number of benzene rings is 1. The van der Waals surface area contributed by atoms with Gasteiger partial charge in [-0.1, -0.05) is 18.2 Å². The molecule has 92 valence electrons. The van der Waals surface area contributed by atoms with Crippen molar-refractivity contribution in [2.75, 3.05) is 25.1 Å². The normalized spacial score (nSPS) is 17.1. The van der Waals surface area contributed by atoms with Crippen molar-refractivity contribution in [1.82, 2.24) is 4.98 Å². The Labute approximate surface area is 106 Å². The number of hydrogen-bond donors (Lipinski definition) is 2. The van der Waals surface area contributed by atoms with Crippen molar-refractivity contribution in [2.45, 2.75) is 6.92 Å². The first-order valence-electron chi connectivity index (χ1n) is 6.04. The molecule has 0 unspecified atom stereocenters. The maximum absolute atomic E-state index is 9.17. The Morgan fingerprint density at radius 3 is 2.89 bits per heavy atom. The summed E-state index contributed by atoms with van der Waals surface area (Å²) < 4.78 is 5.15. The van der Waals surface area contributed by atoms with Gasteiger partial charge in [0.15, 0.2) is 0 Å². The van der Waals surface area contributed by atoms with Gasteiger partial charge in [-0.15, -0.1) is 0 Å². The van der Waals surface area contributed by atoms with E-state index >= 15 is 0 Å². The van der Waals surface area contributed by atoms with Gasteiger partial charge in [-0.3, -0.25) is 0 Å². The molecule has 0 radical (unpaired) electrons. The molecule has 3 rings (SSSR count). The number of nitrogens with one attached hydrogen (secondary N) is 2. The van der Waals surface area contributed by atoms with Gasteiger partial charge in [0.2, 0.25) is 0 Å². The molecule has 2 heterocycles. The van der Waals surface area contributed by atoms with Crippen molar-refractivity contribution >= 4 is 16.6 Å². The van der Waals surface area contributed by atoms with E-state index in [-0.39, 0.29) is 5.41 Å². The van der Waals surface area contributed by atoms with Crippen LogP contribution in [0, 0.1) is 23.7 Å². The molecule has 18 heavy (non-hydrogen) atoms. The lowest BCUT2D eigenvalue weighted by Crippen LogP contribution is -2.46. The Kier molecular flexibility index (Phi) is 2.49. The first kappa shape index (κ1) is 11.1. The zero-order chi connectivity index (χ0) is 12.6. The molecule has 1 aromatic carbocycles. The van der Waals surface area contributed by atoms with E-state index in [4.69, 9.17) is 10.00 Å². The minimum atomic E-state index is -0.356. The van der Waals surface area contributed by atoms with Crippen LogP contribution in [0.3, 0.4) is 0 Å². The minimum Gasteiger partial charge on any atom is -0.381 e. The first-order valence-corrected chi connectivity index (χ1v) is 6.04. The summed E-state index contributed by atoms with van der Waals surface area (Å²) in [6.07, 6.45) is 0. The van der Waals surface area contributed by atoms with E-state index in [2.05, 4.69) is 28.5 Å². The van der Waals surface area contributed by atoms with Crippen molar-refractivity contribution in [1.29, 1.82) is 5.26 Å². The van der Waals surface area contributed by atoms with Crippen LogP contribution in [-0.4, -0.2) is 24.7 Å². The van der Waals surface area contributed by atoms with Gasteiger partial charge in [-0.25, -0.2) is 0 Å². The third-order valence-electron chi connectivity index (χ3n) is 3.49. The number of H-pyrrole nitrogens is 1. The van der Waals surface area contributed by atoms with Crippen LogP contribution in [0.2, 0.25) is 0 Å². The van der Waals surface area contributed by atoms with Crippen LogP contribution in [0.5, 0.6) is 0 Å². The number of ether oxygens (including phenoxy) is 1. The summed E-state index contributed by atoms with van der Waals surface area (Å²) in [7, 11) is 0. The highest BCUT2D eigenvalue weighted by molar-refractivity contribution is 5.94. The van der Waals surface area contributed by atoms with E-state index < -0.39 is 0 Å². The van der Waals surface area contributed by atoms with Gasteiger partial charge in [-0.2, -0.15) is 5.26 Å². The number of aryl methyl sites for hydroxylation is 1. The number of aromatic amines is 1. The molecule has 4 heteroatoms. The Morgan fingerprint density at radius 1 is 1.44 bits per heavy atom. The van der Waals surface area contributed by atoms with Gasteiger partial charge >= 0.3 is 0 Å². The highest BCUT2D eigenvalue weighted by Gasteiger charge is 2.39. The average Bonchev–Trinajstić information content (AvgIpc) is 2.65. The van der Waals surface area contributed by atoms with Crippen LogP contribution >= 0.6 is 0 Å². The molecule has 2 N–H and O–H groups in total. The van der Waals surface area contributed by atoms with Crippen LogP contribution in [0.4, 0.5) is 5.69 Å². The Balaban J connectivity index is 1.87. The Bertz CT molecular complexity index is 619. The summed E-state index contributed by atoms with van der Waals surface area (Å²) in [4.78, 5) is 3.34.